The van der Waals surface area contributed by atoms with E-state index in [-0.39, 0.29) is 13.2 Å². The van der Waals surface area contributed by atoms with Gasteiger partial charge in [0.15, 0.2) is 11.5 Å². The monoisotopic (exact) mass is 342 g/mol. The first-order valence-corrected chi connectivity index (χ1v) is 6.79. The van der Waals surface area contributed by atoms with E-state index in [1.54, 1.807) is 12.1 Å². The van der Waals surface area contributed by atoms with Crippen LogP contribution in [0, 0.1) is 10.1 Å². The van der Waals surface area contributed by atoms with Crippen molar-refractivity contribution in [3.05, 3.63) is 33.9 Å². The summed E-state index contributed by atoms with van der Waals surface area (Å²) in [5, 5.41) is 20.2. The molecule has 0 fully saturated rings. The number of rotatable bonds is 9. The standard InChI is InChI=1S/C14H18N2O8/c1-22-10-4-3-9(7-11(10)23-2)8-24-13(19)14(5-6-15,12(17)18)16(20)21/h3-4,7H,5-6,8,15H2,1-2H3,(H,17,18). The Morgan fingerprint density at radius 1 is 1.29 bits per heavy atom. The predicted molar refractivity (Wildman–Crippen MR) is 80.4 cm³/mol. The predicted octanol–water partition coefficient (Wildman–Crippen LogP) is 0.196. The number of benzene rings is 1. The Morgan fingerprint density at radius 2 is 1.92 bits per heavy atom. The summed E-state index contributed by atoms with van der Waals surface area (Å²) in [7, 11) is 2.86. The van der Waals surface area contributed by atoms with Crippen LogP contribution in [-0.2, 0) is 20.9 Å². The molecular formula is C14H18N2O8. The number of carbonyl (C=O) groups is 2. The van der Waals surface area contributed by atoms with Crippen LogP contribution in [0.2, 0.25) is 0 Å². The van der Waals surface area contributed by atoms with Crippen molar-refractivity contribution in [2.75, 3.05) is 20.8 Å². The third kappa shape index (κ3) is 3.71. The SMILES string of the molecule is COc1ccc(COC(=O)C(CCN)(C(=O)O)[N+](=O)[O-])cc1OC. The van der Waals surface area contributed by atoms with Crippen molar-refractivity contribution < 1.29 is 33.8 Å². The summed E-state index contributed by atoms with van der Waals surface area (Å²) in [5.41, 5.74) is 2.71. The molecule has 1 aromatic rings. The molecule has 0 aromatic heterocycles. The summed E-state index contributed by atoms with van der Waals surface area (Å²) in [6.45, 7) is -0.731. The van der Waals surface area contributed by atoms with Crippen molar-refractivity contribution in [3.63, 3.8) is 0 Å². The van der Waals surface area contributed by atoms with Gasteiger partial charge < -0.3 is 25.1 Å². The lowest BCUT2D eigenvalue weighted by molar-refractivity contribution is -0.542. The second kappa shape index (κ2) is 8.11. The van der Waals surface area contributed by atoms with Gasteiger partial charge in [0.05, 0.1) is 25.6 Å². The molecule has 10 nitrogen and oxygen atoms in total. The van der Waals surface area contributed by atoms with Gasteiger partial charge >= 0.3 is 17.5 Å². The highest BCUT2D eigenvalue weighted by atomic mass is 16.6. The minimum atomic E-state index is -2.93. The number of nitrogens with two attached hydrogens (primary N) is 1. The molecule has 1 aromatic carbocycles. The number of carbonyl (C=O) groups excluding carboxylic acids is 1. The number of esters is 1. The van der Waals surface area contributed by atoms with E-state index in [0.717, 1.165) is 0 Å². The molecule has 3 N–H and O–H groups in total. The number of hydrogen-bond donors (Lipinski definition) is 2. The first-order valence-electron chi connectivity index (χ1n) is 6.79. The van der Waals surface area contributed by atoms with Gasteiger partial charge in [-0.25, -0.2) is 9.59 Å². The Morgan fingerprint density at radius 3 is 2.38 bits per heavy atom. The van der Waals surface area contributed by atoms with Crippen molar-refractivity contribution in [2.24, 2.45) is 5.73 Å². The zero-order valence-electron chi connectivity index (χ0n) is 13.2. The summed E-state index contributed by atoms with van der Waals surface area (Å²) < 4.78 is 15.0. The van der Waals surface area contributed by atoms with Crippen LogP contribution in [0.1, 0.15) is 12.0 Å². The summed E-state index contributed by atoms with van der Waals surface area (Å²) in [4.78, 5) is 33.2. The average Bonchev–Trinajstić information content (AvgIpc) is 2.56. The first-order chi connectivity index (χ1) is 11.3. The zero-order chi connectivity index (χ0) is 18.3. The third-order valence-corrected chi connectivity index (χ3v) is 3.33. The minimum Gasteiger partial charge on any atom is -0.493 e. The number of nitro groups is 1. The first kappa shape index (κ1) is 19.2. The van der Waals surface area contributed by atoms with Crippen LogP contribution in [0.25, 0.3) is 0 Å². The molecular weight excluding hydrogens is 324 g/mol. The molecule has 0 amide bonds. The van der Waals surface area contributed by atoms with Gasteiger partial charge in [0.25, 0.3) is 0 Å². The highest BCUT2D eigenvalue weighted by Crippen LogP contribution is 2.28. The van der Waals surface area contributed by atoms with Crippen LogP contribution in [0.3, 0.4) is 0 Å². The number of hydrogen-bond acceptors (Lipinski definition) is 8. The Labute approximate surface area is 137 Å². The molecule has 0 saturated carbocycles. The molecule has 0 aliphatic rings. The smallest absolute Gasteiger partial charge is 0.411 e. The van der Waals surface area contributed by atoms with Crippen LogP contribution in [0.5, 0.6) is 11.5 Å². The molecule has 10 heteroatoms. The van der Waals surface area contributed by atoms with E-state index >= 15 is 0 Å². The van der Waals surface area contributed by atoms with Gasteiger partial charge in [0.1, 0.15) is 6.61 Å². The van der Waals surface area contributed by atoms with Crippen LogP contribution in [0.4, 0.5) is 0 Å². The van der Waals surface area contributed by atoms with Crippen molar-refractivity contribution >= 4 is 11.9 Å². The topological polar surface area (TPSA) is 151 Å². The van der Waals surface area contributed by atoms with Gasteiger partial charge in [0, 0.05) is 6.54 Å². The summed E-state index contributed by atoms with van der Waals surface area (Å²) in [6, 6.07) is 4.61. The highest BCUT2D eigenvalue weighted by Gasteiger charge is 2.60. The summed E-state index contributed by atoms with van der Waals surface area (Å²) in [5.74, 6) is -2.59. The third-order valence-electron chi connectivity index (χ3n) is 3.33. The molecule has 0 spiro atoms. The lowest BCUT2D eigenvalue weighted by Gasteiger charge is -2.18. The lowest BCUT2D eigenvalue weighted by atomic mass is 9.96. The van der Waals surface area contributed by atoms with E-state index in [1.165, 1.54) is 20.3 Å². The van der Waals surface area contributed by atoms with Gasteiger partial charge in [-0.15, -0.1) is 0 Å². The zero-order valence-corrected chi connectivity index (χ0v) is 13.2. The van der Waals surface area contributed by atoms with Gasteiger partial charge in [0.2, 0.25) is 0 Å². The molecule has 132 valence electrons. The normalized spacial score (nSPS) is 12.8. The number of nitrogens with zero attached hydrogens (tertiary/aromatic N) is 1. The van der Waals surface area contributed by atoms with Gasteiger partial charge in [-0.2, -0.15) is 0 Å². The van der Waals surface area contributed by atoms with Gasteiger partial charge in [-0.3, -0.25) is 10.1 Å². The quantitative estimate of drug-likeness (QED) is 0.277. The maximum absolute atomic E-state index is 12.0. The second-order valence-corrected chi connectivity index (χ2v) is 4.73. The summed E-state index contributed by atoms with van der Waals surface area (Å²) in [6.07, 6.45) is -0.680. The fraction of sp³-hybridized carbons (Fsp3) is 0.429. The van der Waals surface area contributed by atoms with Crippen molar-refractivity contribution in [3.8, 4) is 11.5 Å². The van der Waals surface area contributed by atoms with Crippen LogP contribution in [0.15, 0.2) is 18.2 Å². The number of carboxylic acid groups (broad SMARTS) is 1. The van der Waals surface area contributed by atoms with Gasteiger partial charge in [-0.05, 0) is 17.7 Å². The number of carboxylic acids is 1. The molecule has 0 saturated heterocycles. The number of methoxy groups -OCH3 is 2. The molecule has 1 rings (SSSR count). The van der Waals surface area contributed by atoms with E-state index in [0.29, 0.717) is 17.1 Å². The Kier molecular flexibility index (Phi) is 6.48. The van der Waals surface area contributed by atoms with Gasteiger partial charge in [-0.1, -0.05) is 6.07 Å². The summed E-state index contributed by atoms with van der Waals surface area (Å²) >= 11 is 0. The average molecular weight is 342 g/mol. The maximum Gasteiger partial charge on any atom is 0.411 e. The fourth-order valence-corrected chi connectivity index (χ4v) is 1.99. The molecule has 0 radical (unpaired) electrons. The Hall–Kier alpha value is -2.88. The number of aliphatic carboxylic acids is 1. The maximum atomic E-state index is 12.0. The Balaban J connectivity index is 2.97. The fourth-order valence-electron chi connectivity index (χ4n) is 1.99. The molecule has 0 aliphatic carbocycles. The number of ether oxygens (including phenoxy) is 3. The van der Waals surface area contributed by atoms with Crippen LogP contribution in [-0.4, -0.2) is 48.3 Å². The van der Waals surface area contributed by atoms with E-state index < -0.39 is 28.8 Å². The molecule has 0 heterocycles. The minimum absolute atomic E-state index is 0.362. The molecule has 24 heavy (non-hydrogen) atoms. The van der Waals surface area contributed by atoms with Crippen molar-refractivity contribution in [1.82, 2.24) is 0 Å². The van der Waals surface area contributed by atoms with E-state index in [2.05, 4.69) is 0 Å². The van der Waals surface area contributed by atoms with Crippen LogP contribution >= 0.6 is 0 Å². The molecule has 1 unspecified atom stereocenters. The lowest BCUT2D eigenvalue weighted by Crippen LogP contribution is -2.55. The van der Waals surface area contributed by atoms with Crippen molar-refractivity contribution in [1.29, 1.82) is 0 Å². The largest absolute Gasteiger partial charge is 0.493 e. The molecule has 0 bridgehead atoms. The van der Waals surface area contributed by atoms with Crippen molar-refractivity contribution in [2.45, 2.75) is 18.6 Å². The van der Waals surface area contributed by atoms with Crippen LogP contribution < -0.4 is 15.2 Å². The Bertz CT molecular complexity index is 617. The molecule has 0 aliphatic heterocycles. The van der Waals surface area contributed by atoms with E-state index in [9.17, 15) is 19.7 Å². The highest BCUT2D eigenvalue weighted by molar-refractivity contribution is 6.02. The van der Waals surface area contributed by atoms with E-state index in [1.807, 2.05) is 0 Å². The molecule has 1 atom stereocenters. The van der Waals surface area contributed by atoms with E-state index in [4.69, 9.17) is 25.1 Å². The second-order valence-electron chi connectivity index (χ2n) is 4.73.